The number of hydrogen-bond acceptors (Lipinski definition) is 2. The molecule has 0 atom stereocenters. The Balaban J connectivity index is 2.72. The molecule has 1 aromatic rings. The average Bonchev–Trinajstić information content (AvgIpc) is 2.05. The van der Waals surface area contributed by atoms with Crippen LogP contribution in [0.15, 0.2) is 23.1 Å². The van der Waals surface area contributed by atoms with Crippen molar-refractivity contribution in [3.8, 4) is 0 Å². The molecule has 0 aliphatic carbocycles. The smallest absolute Gasteiger partial charge is 0.398 e. The summed E-state index contributed by atoms with van der Waals surface area (Å²) < 4.78 is 35.6. The maximum atomic E-state index is 11.9. The van der Waals surface area contributed by atoms with Crippen LogP contribution < -0.4 is 5.73 Å². The van der Waals surface area contributed by atoms with E-state index in [9.17, 15) is 13.2 Å². The Morgan fingerprint density at radius 3 is 2.57 bits per heavy atom. The Kier molecular flexibility index (Phi) is 3.55. The number of thioether (sulfide) groups is 1. The average molecular weight is 242 g/mol. The summed E-state index contributed by atoms with van der Waals surface area (Å²) in [5, 5.41) is 0.379. The van der Waals surface area contributed by atoms with Gasteiger partial charge in [-0.1, -0.05) is 11.6 Å². The van der Waals surface area contributed by atoms with Gasteiger partial charge in [-0.25, -0.2) is 0 Å². The molecule has 0 spiro atoms. The number of hydrogen-bond donors (Lipinski definition) is 1. The van der Waals surface area contributed by atoms with Crippen LogP contribution in [0.5, 0.6) is 0 Å². The van der Waals surface area contributed by atoms with Crippen molar-refractivity contribution in [2.45, 2.75) is 11.1 Å². The third-order valence-electron chi connectivity index (χ3n) is 1.37. The van der Waals surface area contributed by atoms with E-state index in [0.717, 1.165) is 0 Å². The minimum Gasteiger partial charge on any atom is -0.398 e. The lowest BCUT2D eigenvalue weighted by atomic mass is 10.3. The van der Waals surface area contributed by atoms with Gasteiger partial charge in [0.25, 0.3) is 0 Å². The molecule has 0 aliphatic heterocycles. The molecule has 0 fully saturated rings. The van der Waals surface area contributed by atoms with Crippen molar-refractivity contribution in [3.63, 3.8) is 0 Å². The summed E-state index contributed by atoms with van der Waals surface area (Å²) >= 11 is 6.25. The standard InChI is InChI=1S/C8H7ClF3NS/c9-5-1-2-6(13)7(3-5)14-4-8(10,11)12/h1-3H,4,13H2. The van der Waals surface area contributed by atoms with Crippen molar-refractivity contribution in [3.05, 3.63) is 23.2 Å². The van der Waals surface area contributed by atoms with Crippen LogP contribution in [0.1, 0.15) is 0 Å². The summed E-state index contributed by atoms with van der Waals surface area (Å²) in [5.74, 6) is -0.961. The summed E-state index contributed by atoms with van der Waals surface area (Å²) in [7, 11) is 0. The van der Waals surface area contributed by atoms with Crippen molar-refractivity contribution in [1.82, 2.24) is 0 Å². The predicted octanol–water partition coefficient (Wildman–Crippen LogP) is 3.58. The topological polar surface area (TPSA) is 26.0 Å². The van der Waals surface area contributed by atoms with Crippen molar-refractivity contribution in [2.75, 3.05) is 11.5 Å². The van der Waals surface area contributed by atoms with Gasteiger partial charge < -0.3 is 5.73 Å². The minimum absolute atomic E-state index is 0.309. The molecule has 0 bridgehead atoms. The molecule has 14 heavy (non-hydrogen) atoms. The third-order valence-corrected chi connectivity index (χ3v) is 2.74. The molecule has 78 valence electrons. The third kappa shape index (κ3) is 3.67. The molecule has 1 nitrogen and oxygen atoms in total. The van der Waals surface area contributed by atoms with Gasteiger partial charge in [0.05, 0.1) is 5.75 Å². The second-order valence-corrected chi connectivity index (χ2v) is 4.04. The van der Waals surface area contributed by atoms with Gasteiger partial charge in [0.15, 0.2) is 0 Å². The van der Waals surface area contributed by atoms with Crippen molar-refractivity contribution >= 4 is 29.1 Å². The fourth-order valence-corrected chi connectivity index (χ4v) is 1.79. The lowest BCUT2D eigenvalue weighted by Gasteiger charge is -2.08. The Bertz CT molecular complexity index is 327. The lowest BCUT2D eigenvalue weighted by Crippen LogP contribution is -2.10. The highest BCUT2D eigenvalue weighted by molar-refractivity contribution is 7.99. The first kappa shape index (κ1) is 11.5. The SMILES string of the molecule is Nc1ccc(Cl)cc1SCC(F)(F)F. The highest BCUT2D eigenvalue weighted by atomic mass is 35.5. The summed E-state index contributed by atoms with van der Waals surface area (Å²) in [5.41, 5.74) is 5.78. The first-order valence-corrected chi connectivity index (χ1v) is 4.99. The van der Waals surface area contributed by atoms with Gasteiger partial charge in [-0.3, -0.25) is 0 Å². The van der Waals surface area contributed by atoms with Gasteiger partial charge in [0, 0.05) is 15.6 Å². The molecule has 0 amide bonds. The number of benzene rings is 1. The normalized spacial score (nSPS) is 11.7. The van der Waals surface area contributed by atoms with E-state index in [1.807, 2.05) is 0 Å². The second kappa shape index (κ2) is 4.31. The summed E-state index contributed by atoms with van der Waals surface area (Å²) in [6, 6.07) is 4.45. The van der Waals surface area contributed by atoms with E-state index in [1.54, 1.807) is 0 Å². The molecular formula is C8H7ClF3NS. The van der Waals surface area contributed by atoms with Crippen LogP contribution in [-0.2, 0) is 0 Å². The zero-order valence-electron chi connectivity index (χ0n) is 6.94. The molecule has 0 saturated heterocycles. The van der Waals surface area contributed by atoms with E-state index in [0.29, 0.717) is 27.4 Å². The van der Waals surface area contributed by atoms with Crippen LogP contribution in [0, 0.1) is 0 Å². The fourth-order valence-electron chi connectivity index (χ4n) is 0.793. The van der Waals surface area contributed by atoms with Crippen LogP contribution in [0.3, 0.4) is 0 Å². The molecule has 6 heteroatoms. The molecule has 2 N–H and O–H groups in total. The summed E-state index contributed by atoms with van der Waals surface area (Å²) in [6.07, 6.45) is -4.20. The number of rotatable bonds is 2. The largest absolute Gasteiger partial charge is 0.398 e. The van der Waals surface area contributed by atoms with Gasteiger partial charge >= 0.3 is 6.18 Å². The van der Waals surface area contributed by atoms with Crippen LogP contribution in [0.25, 0.3) is 0 Å². The number of halogens is 4. The van der Waals surface area contributed by atoms with E-state index in [2.05, 4.69) is 0 Å². The first-order valence-electron chi connectivity index (χ1n) is 3.63. The molecule has 1 aromatic carbocycles. The zero-order chi connectivity index (χ0) is 10.8. The molecule has 0 aliphatic rings. The van der Waals surface area contributed by atoms with Crippen molar-refractivity contribution < 1.29 is 13.2 Å². The number of nitrogen functional groups attached to an aromatic ring is 1. The zero-order valence-corrected chi connectivity index (χ0v) is 8.51. The quantitative estimate of drug-likeness (QED) is 0.633. The summed E-state index contributed by atoms with van der Waals surface area (Å²) in [6.45, 7) is 0. The highest BCUT2D eigenvalue weighted by Crippen LogP contribution is 2.32. The van der Waals surface area contributed by atoms with Gasteiger partial charge in [-0.05, 0) is 18.2 Å². The maximum absolute atomic E-state index is 11.9. The lowest BCUT2D eigenvalue weighted by molar-refractivity contribution is -0.105. The van der Waals surface area contributed by atoms with E-state index in [4.69, 9.17) is 17.3 Å². The highest BCUT2D eigenvalue weighted by Gasteiger charge is 2.27. The number of anilines is 1. The number of alkyl halides is 3. The van der Waals surface area contributed by atoms with Gasteiger partial charge in [0.1, 0.15) is 0 Å². The van der Waals surface area contributed by atoms with E-state index < -0.39 is 11.9 Å². The Morgan fingerprint density at radius 2 is 2.00 bits per heavy atom. The van der Waals surface area contributed by atoms with Gasteiger partial charge in [-0.15, -0.1) is 11.8 Å². The second-order valence-electron chi connectivity index (χ2n) is 2.59. The van der Waals surface area contributed by atoms with E-state index >= 15 is 0 Å². The van der Waals surface area contributed by atoms with Crippen LogP contribution in [0.2, 0.25) is 5.02 Å². The first-order chi connectivity index (χ1) is 6.38. The van der Waals surface area contributed by atoms with Crippen LogP contribution >= 0.6 is 23.4 Å². The molecule has 0 saturated carbocycles. The van der Waals surface area contributed by atoms with Crippen molar-refractivity contribution in [2.24, 2.45) is 0 Å². The predicted molar refractivity (Wildman–Crippen MR) is 52.6 cm³/mol. The van der Waals surface area contributed by atoms with E-state index in [-0.39, 0.29) is 0 Å². The summed E-state index contributed by atoms with van der Waals surface area (Å²) in [4.78, 5) is 0.356. The monoisotopic (exact) mass is 241 g/mol. The molecule has 1 rings (SSSR count). The minimum atomic E-state index is -4.20. The molecule has 0 radical (unpaired) electrons. The van der Waals surface area contributed by atoms with Gasteiger partial charge in [-0.2, -0.15) is 13.2 Å². The Hall–Kier alpha value is -0.550. The molecular weight excluding hydrogens is 235 g/mol. The van der Waals surface area contributed by atoms with Crippen LogP contribution in [0.4, 0.5) is 18.9 Å². The maximum Gasteiger partial charge on any atom is 0.398 e. The molecule has 0 aromatic heterocycles. The fraction of sp³-hybridized carbons (Fsp3) is 0.250. The Morgan fingerprint density at radius 1 is 1.36 bits per heavy atom. The Labute approximate surface area is 88.4 Å². The van der Waals surface area contributed by atoms with Crippen molar-refractivity contribution in [1.29, 1.82) is 0 Å². The molecule has 0 unspecified atom stereocenters. The number of nitrogens with two attached hydrogens (primary N) is 1. The van der Waals surface area contributed by atoms with E-state index in [1.165, 1.54) is 18.2 Å². The van der Waals surface area contributed by atoms with Gasteiger partial charge in [0.2, 0.25) is 0 Å². The van der Waals surface area contributed by atoms with Crippen LogP contribution in [-0.4, -0.2) is 11.9 Å². The molecule has 0 heterocycles.